The van der Waals surface area contributed by atoms with Crippen LogP contribution in [-0.2, 0) is 4.74 Å². The highest BCUT2D eigenvalue weighted by atomic mass is 35.5. The Morgan fingerprint density at radius 2 is 2.22 bits per heavy atom. The lowest BCUT2D eigenvalue weighted by molar-refractivity contribution is 0.0172. The minimum atomic E-state index is -0.464. The van der Waals surface area contributed by atoms with Gasteiger partial charge in [-0.15, -0.1) is 0 Å². The van der Waals surface area contributed by atoms with Crippen molar-refractivity contribution in [2.24, 2.45) is 5.92 Å². The van der Waals surface area contributed by atoms with Gasteiger partial charge in [0.25, 0.3) is 0 Å². The highest BCUT2D eigenvalue weighted by Crippen LogP contribution is 2.20. The summed E-state index contributed by atoms with van der Waals surface area (Å²) in [5, 5.41) is 3.65. The van der Waals surface area contributed by atoms with Gasteiger partial charge < -0.3 is 15.0 Å². The van der Waals surface area contributed by atoms with Gasteiger partial charge in [0.1, 0.15) is 10.8 Å². The standard InChI is InChI=1S/C16H25ClN4O2/c1-11-8-13(17)20-14(19-11)18-9-12-6-5-7-21(10-12)15(22)23-16(2,3)4/h8,12H,5-7,9-10H2,1-4H3,(H,18,19,20)/t12-/m0/s1. The minimum absolute atomic E-state index is 0.239. The van der Waals surface area contributed by atoms with E-state index < -0.39 is 5.60 Å². The van der Waals surface area contributed by atoms with E-state index in [1.165, 1.54) is 0 Å². The van der Waals surface area contributed by atoms with Crippen molar-refractivity contribution in [2.75, 3.05) is 25.0 Å². The molecule has 23 heavy (non-hydrogen) atoms. The van der Waals surface area contributed by atoms with Crippen molar-refractivity contribution in [3.8, 4) is 0 Å². The number of aromatic nitrogens is 2. The van der Waals surface area contributed by atoms with Crippen LogP contribution in [0.5, 0.6) is 0 Å². The smallest absolute Gasteiger partial charge is 0.410 e. The van der Waals surface area contributed by atoms with Crippen LogP contribution in [-0.4, -0.2) is 46.2 Å². The van der Waals surface area contributed by atoms with E-state index in [2.05, 4.69) is 15.3 Å². The predicted molar refractivity (Wildman–Crippen MR) is 90.8 cm³/mol. The molecule has 0 aliphatic carbocycles. The number of piperidine rings is 1. The van der Waals surface area contributed by atoms with Crippen LogP contribution >= 0.6 is 11.6 Å². The molecule has 1 aromatic rings. The first-order chi connectivity index (χ1) is 10.7. The zero-order valence-corrected chi connectivity index (χ0v) is 15.0. The number of nitrogens with zero attached hydrogens (tertiary/aromatic N) is 3. The second-order valence-corrected chi connectivity index (χ2v) is 7.36. The molecule has 1 amide bonds. The fourth-order valence-corrected chi connectivity index (χ4v) is 2.81. The van der Waals surface area contributed by atoms with E-state index in [-0.39, 0.29) is 6.09 Å². The number of hydrogen-bond donors (Lipinski definition) is 1. The van der Waals surface area contributed by atoms with Crippen LogP contribution in [0.1, 0.15) is 39.3 Å². The maximum absolute atomic E-state index is 12.2. The number of carbonyl (C=O) groups excluding carboxylic acids is 1. The molecule has 0 spiro atoms. The lowest BCUT2D eigenvalue weighted by atomic mass is 9.98. The van der Waals surface area contributed by atoms with Gasteiger partial charge in [-0.2, -0.15) is 0 Å². The summed E-state index contributed by atoms with van der Waals surface area (Å²) >= 11 is 5.94. The molecule has 1 N–H and O–H groups in total. The third kappa shape index (κ3) is 5.86. The Balaban J connectivity index is 1.87. The monoisotopic (exact) mass is 340 g/mol. The van der Waals surface area contributed by atoms with Gasteiger partial charge in [-0.25, -0.2) is 14.8 Å². The Labute approximate surface area is 142 Å². The maximum atomic E-state index is 12.2. The van der Waals surface area contributed by atoms with Gasteiger partial charge in [-0.05, 0) is 52.5 Å². The van der Waals surface area contributed by atoms with E-state index in [0.29, 0.717) is 30.1 Å². The molecule has 1 aliphatic rings. The van der Waals surface area contributed by atoms with E-state index in [1.54, 1.807) is 11.0 Å². The fraction of sp³-hybridized carbons (Fsp3) is 0.688. The zero-order chi connectivity index (χ0) is 17.0. The third-order valence-corrected chi connectivity index (χ3v) is 3.74. The first-order valence-corrected chi connectivity index (χ1v) is 8.34. The molecule has 0 unspecified atom stereocenters. The van der Waals surface area contributed by atoms with Crippen molar-refractivity contribution in [3.05, 3.63) is 16.9 Å². The van der Waals surface area contributed by atoms with Crippen LogP contribution in [0.15, 0.2) is 6.07 Å². The second kappa shape index (κ2) is 7.34. The predicted octanol–water partition coefficient (Wildman–Crippen LogP) is 3.50. The maximum Gasteiger partial charge on any atom is 0.410 e. The van der Waals surface area contributed by atoms with E-state index in [0.717, 1.165) is 25.1 Å². The Hall–Kier alpha value is -1.56. The van der Waals surface area contributed by atoms with E-state index in [4.69, 9.17) is 16.3 Å². The van der Waals surface area contributed by atoms with Gasteiger partial charge in [-0.1, -0.05) is 11.6 Å². The molecule has 0 bridgehead atoms. The lowest BCUT2D eigenvalue weighted by Gasteiger charge is -2.34. The number of hydrogen-bond acceptors (Lipinski definition) is 5. The molecule has 0 radical (unpaired) electrons. The van der Waals surface area contributed by atoms with E-state index >= 15 is 0 Å². The quantitative estimate of drug-likeness (QED) is 0.853. The number of rotatable bonds is 3. The Morgan fingerprint density at radius 1 is 1.48 bits per heavy atom. The molecule has 1 atom stereocenters. The van der Waals surface area contributed by atoms with Crippen LogP contribution in [0, 0.1) is 12.8 Å². The summed E-state index contributed by atoms with van der Waals surface area (Å²) in [6, 6.07) is 1.72. The van der Waals surface area contributed by atoms with Crippen molar-refractivity contribution < 1.29 is 9.53 Å². The Kier molecular flexibility index (Phi) is 5.68. The first-order valence-electron chi connectivity index (χ1n) is 7.96. The lowest BCUT2D eigenvalue weighted by Crippen LogP contribution is -2.44. The van der Waals surface area contributed by atoms with Crippen molar-refractivity contribution in [3.63, 3.8) is 0 Å². The van der Waals surface area contributed by atoms with Crippen LogP contribution in [0.4, 0.5) is 10.7 Å². The normalized spacial score (nSPS) is 18.7. The number of aryl methyl sites for hydroxylation is 1. The minimum Gasteiger partial charge on any atom is -0.444 e. The summed E-state index contributed by atoms with van der Waals surface area (Å²) in [5.41, 5.74) is 0.362. The van der Waals surface area contributed by atoms with Crippen LogP contribution in [0.25, 0.3) is 0 Å². The molecule has 1 saturated heterocycles. The molecule has 1 fully saturated rings. The number of halogens is 1. The van der Waals surface area contributed by atoms with Crippen LogP contribution in [0.3, 0.4) is 0 Å². The molecule has 6 nitrogen and oxygen atoms in total. The fourth-order valence-electron chi connectivity index (χ4n) is 2.57. The van der Waals surface area contributed by atoms with Crippen molar-refractivity contribution in [1.29, 1.82) is 0 Å². The average molecular weight is 341 g/mol. The molecular weight excluding hydrogens is 316 g/mol. The largest absolute Gasteiger partial charge is 0.444 e. The topological polar surface area (TPSA) is 67.4 Å². The number of nitrogens with one attached hydrogen (secondary N) is 1. The number of anilines is 1. The molecular formula is C16H25ClN4O2. The molecule has 0 aromatic carbocycles. The van der Waals surface area contributed by atoms with Crippen LogP contribution in [0.2, 0.25) is 5.15 Å². The zero-order valence-electron chi connectivity index (χ0n) is 14.2. The Morgan fingerprint density at radius 3 is 2.87 bits per heavy atom. The summed E-state index contributed by atoms with van der Waals surface area (Å²) in [6.07, 6.45) is 1.80. The average Bonchev–Trinajstić information content (AvgIpc) is 2.43. The van der Waals surface area contributed by atoms with Gasteiger partial charge in [0.05, 0.1) is 0 Å². The van der Waals surface area contributed by atoms with Crippen LogP contribution < -0.4 is 5.32 Å². The number of ether oxygens (including phenoxy) is 1. The number of amides is 1. The number of carbonyl (C=O) groups is 1. The molecule has 1 aromatic heterocycles. The van der Waals surface area contributed by atoms with E-state index in [1.807, 2.05) is 27.7 Å². The summed E-state index contributed by atoms with van der Waals surface area (Å²) in [5.74, 6) is 0.878. The molecule has 7 heteroatoms. The van der Waals surface area contributed by atoms with Crippen molar-refractivity contribution in [2.45, 2.75) is 46.1 Å². The third-order valence-electron chi connectivity index (χ3n) is 3.54. The highest BCUT2D eigenvalue weighted by molar-refractivity contribution is 6.29. The molecule has 0 saturated carbocycles. The van der Waals surface area contributed by atoms with Crippen molar-refractivity contribution >= 4 is 23.6 Å². The molecule has 2 heterocycles. The van der Waals surface area contributed by atoms with Crippen molar-refractivity contribution in [1.82, 2.24) is 14.9 Å². The highest BCUT2D eigenvalue weighted by Gasteiger charge is 2.27. The number of likely N-dealkylation sites (tertiary alicyclic amines) is 1. The summed E-state index contributed by atoms with van der Waals surface area (Å²) in [4.78, 5) is 22.4. The van der Waals surface area contributed by atoms with Gasteiger partial charge in [0.2, 0.25) is 5.95 Å². The molecule has 2 rings (SSSR count). The SMILES string of the molecule is Cc1cc(Cl)nc(NC[C@@H]2CCCN(C(=O)OC(C)(C)C)C2)n1. The second-order valence-electron chi connectivity index (χ2n) is 6.97. The molecule has 1 aliphatic heterocycles. The first kappa shape index (κ1) is 17.8. The summed E-state index contributed by atoms with van der Waals surface area (Å²) < 4.78 is 5.44. The summed E-state index contributed by atoms with van der Waals surface area (Å²) in [6.45, 7) is 9.66. The van der Waals surface area contributed by atoms with E-state index in [9.17, 15) is 4.79 Å². The van der Waals surface area contributed by atoms with Gasteiger partial charge in [-0.3, -0.25) is 0 Å². The van der Waals surface area contributed by atoms with Gasteiger partial charge in [0.15, 0.2) is 0 Å². The Bertz CT molecular complexity index is 539. The van der Waals surface area contributed by atoms with Gasteiger partial charge in [0, 0.05) is 25.3 Å². The summed E-state index contributed by atoms with van der Waals surface area (Å²) in [7, 11) is 0. The van der Waals surface area contributed by atoms with Gasteiger partial charge >= 0.3 is 6.09 Å². The molecule has 128 valence electrons.